The van der Waals surface area contributed by atoms with Crippen LogP contribution in [0.1, 0.15) is 19.8 Å². The number of amides is 2. The standard InChI is InChI=1S/C14H17BrN2O3/c1-9(20-12-4-2-3-10(15)7-12)14(19)17-11-5-6-13(18)16-8-11/h2-4,7,9,11H,5-6,8H2,1H3,(H,16,18)(H,17,19). The summed E-state index contributed by atoms with van der Waals surface area (Å²) in [7, 11) is 0. The van der Waals surface area contributed by atoms with E-state index < -0.39 is 6.10 Å². The first-order valence-corrected chi connectivity index (χ1v) is 7.33. The van der Waals surface area contributed by atoms with Crippen molar-refractivity contribution >= 4 is 27.7 Å². The van der Waals surface area contributed by atoms with Crippen LogP contribution in [0.15, 0.2) is 28.7 Å². The van der Waals surface area contributed by atoms with Gasteiger partial charge in [0.1, 0.15) is 5.75 Å². The Morgan fingerprint density at radius 3 is 3.00 bits per heavy atom. The molecule has 20 heavy (non-hydrogen) atoms. The Morgan fingerprint density at radius 1 is 1.55 bits per heavy atom. The predicted octanol–water partition coefficient (Wildman–Crippen LogP) is 1.61. The normalized spacial score (nSPS) is 19.9. The van der Waals surface area contributed by atoms with E-state index in [2.05, 4.69) is 26.6 Å². The summed E-state index contributed by atoms with van der Waals surface area (Å²) >= 11 is 3.35. The van der Waals surface area contributed by atoms with Gasteiger partial charge >= 0.3 is 0 Å². The topological polar surface area (TPSA) is 67.4 Å². The first-order valence-electron chi connectivity index (χ1n) is 6.54. The molecule has 1 aliphatic rings. The van der Waals surface area contributed by atoms with E-state index in [4.69, 9.17) is 4.74 Å². The van der Waals surface area contributed by atoms with Crippen molar-refractivity contribution in [3.63, 3.8) is 0 Å². The number of piperidine rings is 1. The highest BCUT2D eigenvalue weighted by Gasteiger charge is 2.22. The van der Waals surface area contributed by atoms with Crippen molar-refractivity contribution < 1.29 is 14.3 Å². The quantitative estimate of drug-likeness (QED) is 0.874. The van der Waals surface area contributed by atoms with E-state index >= 15 is 0 Å². The Balaban J connectivity index is 1.84. The smallest absolute Gasteiger partial charge is 0.261 e. The molecular weight excluding hydrogens is 324 g/mol. The second-order valence-corrected chi connectivity index (χ2v) is 5.68. The van der Waals surface area contributed by atoms with Crippen LogP contribution < -0.4 is 15.4 Å². The van der Waals surface area contributed by atoms with Crippen LogP contribution >= 0.6 is 15.9 Å². The van der Waals surface area contributed by atoms with Gasteiger partial charge in [0, 0.05) is 23.5 Å². The SMILES string of the molecule is CC(Oc1cccc(Br)c1)C(=O)NC1CCC(=O)NC1. The number of benzene rings is 1. The van der Waals surface area contributed by atoms with Crippen molar-refractivity contribution in [2.24, 2.45) is 0 Å². The number of hydrogen-bond donors (Lipinski definition) is 2. The summed E-state index contributed by atoms with van der Waals surface area (Å²) in [5.74, 6) is 0.499. The molecule has 2 N–H and O–H groups in total. The highest BCUT2D eigenvalue weighted by Crippen LogP contribution is 2.19. The maximum Gasteiger partial charge on any atom is 0.261 e. The van der Waals surface area contributed by atoms with Crippen molar-refractivity contribution in [2.75, 3.05) is 6.54 Å². The number of carbonyl (C=O) groups excluding carboxylic acids is 2. The molecule has 0 spiro atoms. The van der Waals surface area contributed by atoms with Crippen LogP contribution in [0.5, 0.6) is 5.75 Å². The first-order chi connectivity index (χ1) is 9.54. The second-order valence-electron chi connectivity index (χ2n) is 4.77. The molecule has 0 aliphatic carbocycles. The van der Waals surface area contributed by atoms with E-state index in [1.165, 1.54) is 0 Å². The van der Waals surface area contributed by atoms with E-state index in [1.54, 1.807) is 13.0 Å². The molecule has 0 radical (unpaired) electrons. The van der Waals surface area contributed by atoms with Gasteiger partial charge < -0.3 is 15.4 Å². The van der Waals surface area contributed by atoms with Gasteiger partial charge in [0.2, 0.25) is 5.91 Å². The zero-order valence-corrected chi connectivity index (χ0v) is 12.8. The Bertz CT molecular complexity index is 497. The summed E-state index contributed by atoms with van der Waals surface area (Å²) in [6, 6.07) is 7.33. The summed E-state index contributed by atoms with van der Waals surface area (Å²) in [6.07, 6.45) is 0.537. The van der Waals surface area contributed by atoms with Crippen LogP contribution in [-0.4, -0.2) is 30.5 Å². The molecule has 0 saturated carbocycles. The molecule has 0 aromatic heterocycles. The van der Waals surface area contributed by atoms with E-state index in [1.807, 2.05) is 18.2 Å². The lowest BCUT2D eigenvalue weighted by Gasteiger charge is -2.25. The van der Waals surface area contributed by atoms with Gasteiger partial charge in [0.15, 0.2) is 6.10 Å². The number of rotatable bonds is 4. The summed E-state index contributed by atoms with van der Waals surface area (Å²) in [5.41, 5.74) is 0. The average molecular weight is 341 g/mol. The zero-order valence-electron chi connectivity index (χ0n) is 11.2. The van der Waals surface area contributed by atoms with Gasteiger partial charge in [-0.2, -0.15) is 0 Å². The molecule has 1 aliphatic heterocycles. The van der Waals surface area contributed by atoms with Crippen molar-refractivity contribution in [3.8, 4) is 5.75 Å². The Kier molecular flexibility index (Phi) is 5.00. The largest absolute Gasteiger partial charge is 0.481 e. The van der Waals surface area contributed by atoms with Gasteiger partial charge in [-0.1, -0.05) is 22.0 Å². The van der Waals surface area contributed by atoms with E-state index in [0.29, 0.717) is 25.1 Å². The number of hydrogen-bond acceptors (Lipinski definition) is 3. The third kappa shape index (κ3) is 4.23. The van der Waals surface area contributed by atoms with Gasteiger partial charge in [0.05, 0.1) is 0 Å². The molecule has 2 rings (SSSR count). The molecule has 2 atom stereocenters. The molecule has 6 heteroatoms. The van der Waals surface area contributed by atoms with Crippen molar-refractivity contribution in [2.45, 2.75) is 31.9 Å². The second kappa shape index (κ2) is 6.74. The molecule has 1 aromatic carbocycles. The van der Waals surface area contributed by atoms with Crippen LogP contribution in [0.25, 0.3) is 0 Å². The predicted molar refractivity (Wildman–Crippen MR) is 78.4 cm³/mol. The molecule has 2 unspecified atom stereocenters. The van der Waals surface area contributed by atoms with E-state index in [9.17, 15) is 9.59 Å². The number of ether oxygens (including phenoxy) is 1. The lowest BCUT2D eigenvalue weighted by Crippen LogP contribution is -2.50. The van der Waals surface area contributed by atoms with Crippen LogP contribution in [0.2, 0.25) is 0 Å². The average Bonchev–Trinajstić information content (AvgIpc) is 2.41. The number of nitrogens with one attached hydrogen (secondary N) is 2. The van der Waals surface area contributed by atoms with Gasteiger partial charge in [-0.25, -0.2) is 0 Å². The van der Waals surface area contributed by atoms with E-state index in [0.717, 1.165) is 4.47 Å². The summed E-state index contributed by atoms with van der Waals surface area (Å²) < 4.78 is 6.49. The van der Waals surface area contributed by atoms with Crippen molar-refractivity contribution in [3.05, 3.63) is 28.7 Å². The Morgan fingerprint density at radius 2 is 2.35 bits per heavy atom. The number of halogens is 1. The fourth-order valence-electron chi connectivity index (χ4n) is 1.97. The molecular formula is C14H17BrN2O3. The van der Waals surface area contributed by atoms with Gasteiger partial charge in [-0.3, -0.25) is 9.59 Å². The third-order valence-electron chi connectivity index (χ3n) is 3.09. The van der Waals surface area contributed by atoms with Crippen LogP contribution in [0.3, 0.4) is 0 Å². The Labute approximate surface area is 126 Å². The van der Waals surface area contributed by atoms with Gasteiger partial charge in [-0.05, 0) is 31.5 Å². The third-order valence-corrected chi connectivity index (χ3v) is 3.58. The van der Waals surface area contributed by atoms with Crippen LogP contribution in [0.4, 0.5) is 0 Å². The molecule has 1 saturated heterocycles. The molecule has 1 fully saturated rings. The molecule has 5 nitrogen and oxygen atoms in total. The fraction of sp³-hybridized carbons (Fsp3) is 0.429. The van der Waals surface area contributed by atoms with Gasteiger partial charge in [0.25, 0.3) is 5.91 Å². The lowest BCUT2D eigenvalue weighted by atomic mass is 10.1. The minimum Gasteiger partial charge on any atom is -0.481 e. The van der Waals surface area contributed by atoms with E-state index in [-0.39, 0.29) is 17.9 Å². The fourth-order valence-corrected chi connectivity index (χ4v) is 2.35. The summed E-state index contributed by atoms with van der Waals surface area (Å²) in [4.78, 5) is 23.1. The molecule has 108 valence electrons. The zero-order chi connectivity index (χ0) is 14.5. The monoisotopic (exact) mass is 340 g/mol. The highest BCUT2D eigenvalue weighted by molar-refractivity contribution is 9.10. The highest BCUT2D eigenvalue weighted by atomic mass is 79.9. The minimum absolute atomic E-state index is 0.0197. The molecule has 1 aromatic rings. The molecule has 2 amide bonds. The van der Waals surface area contributed by atoms with Gasteiger partial charge in [-0.15, -0.1) is 0 Å². The maximum absolute atomic E-state index is 12.0. The summed E-state index contributed by atoms with van der Waals surface area (Å²) in [6.45, 7) is 2.19. The summed E-state index contributed by atoms with van der Waals surface area (Å²) in [5, 5.41) is 5.62. The Hall–Kier alpha value is -1.56. The van der Waals surface area contributed by atoms with Crippen molar-refractivity contribution in [1.29, 1.82) is 0 Å². The van der Waals surface area contributed by atoms with Crippen LogP contribution in [0, 0.1) is 0 Å². The first kappa shape index (κ1) is 14.8. The maximum atomic E-state index is 12.0. The number of carbonyl (C=O) groups is 2. The minimum atomic E-state index is -0.582. The molecule has 1 heterocycles. The molecule has 0 bridgehead atoms. The lowest BCUT2D eigenvalue weighted by molar-refractivity contribution is -0.129. The van der Waals surface area contributed by atoms with Crippen molar-refractivity contribution in [1.82, 2.24) is 10.6 Å². The van der Waals surface area contributed by atoms with Crippen LogP contribution in [-0.2, 0) is 9.59 Å².